The normalized spacial score (nSPS) is 9.18. The van der Waals surface area contributed by atoms with Crippen LogP contribution >= 0.6 is 0 Å². The lowest BCUT2D eigenvalue weighted by atomic mass is 10.1. The zero-order valence-electron chi connectivity index (χ0n) is 6.16. The maximum Gasteiger partial charge on any atom is 0.206 e. The number of hydrogen-bond acceptors (Lipinski definition) is 3. The fourth-order valence-corrected chi connectivity index (χ4v) is 0.720. The third kappa shape index (κ3) is 1.70. The van der Waals surface area contributed by atoms with Crippen LogP contribution in [0, 0.1) is 5.41 Å². The average molecular weight is 148 g/mol. The van der Waals surface area contributed by atoms with E-state index in [1.807, 2.05) is 0 Å². The zero-order valence-corrected chi connectivity index (χ0v) is 6.16. The molecule has 56 valence electrons. The minimum absolute atomic E-state index is 0.0520. The van der Waals surface area contributed by atoms with E-state index in [2.05, 4.69) is 4.98 Å². The number of Topliss-reactive ketones (excluding diaryl/α,β-unsaturated/α-hetero) is 1. The topological polar surface area (TPSA) is 53.8 Å². The lowest BCUT2D eigenvalue weighted by molar-refractivity contribution is 0.106. The highest BCUT2D eigenvalue weighted by Crippen LogP contribution is 1.97. The quantitative estimate of drug-likeness (QED) is 0.507. The van der Waals surface area contributed by atoms with Gasteiger partial charge in [0.25, 0.3) is 0 Å². The Morgan fingerprint density at radius 3 is 2.45 bits per heavy atom. The second-order valence-corrected chi connectivity index (χ2v) is 2.19. The van der Waals surface area contributed by atoms with E-state index in [4.69, 9.17) is 5.41 Å². The average Bonchev–Trinajstić information content (AvgIpc) is 2.05. The summed E-state index contributed by atoms with van der Waals surface area (Å²) in [6.07, 6.45) is 3.08. The lowest BCUT2D eigenvalue weighted by Crippen LogP contribution is -2.08. The first kappa shape index (κ1) is 7.60. The van der Waals surface area contributed by atoms with Gasteiger partial charge in [0, 0.05) is 18.0 Å². The van der Waals surface area contributed by atoms with Gasteiger partial charge in [-0.25, -0.2) is 0 Å². The van der Waals surface area contributed by atoms with E-state index in [1.165, 1.54) is 19.3 Å². The molecular weight excluding hydrogens is 140 g/mol. The van der Waals surface area contributed by atoms with Crippen LogP contribution in [0.3, 0.4) is 0 Å². The molecule has 0 saturated carbocycles. The summed E-state index contributed by atoms with van der Waals surface area (Å²) in [4.78, 5) is 14.9. The van der Waals surface area contributed by atoms with Gasteiger partial charge in [0.2, 0.25) is 5.78 Å². The number of nitrogens with one attached hydrogen (secondary N) is 1. The Hall–Kier alpha value is -1.51. The Morgan fingerprint density at radius 1 is 1.45 bits per heavy atom. The summed E-state index contributed by atoms with van der Waals surface area (Å²) in [7, 11) is 0. The van der Waals surface area contributed by atoms with E-state index < -0.39 is 0 Å². The number of rotatable bonds is 2. The molecule has 0 atom stereocenters. The van der Waals surface area contributed by atoms with Crippen LogP contribution in [0.25, 0.3) is 0 Å². The van der Waals surface area contributed by atoms with Crippen LogP contribution in [0.5, 0.6) is 0 Å². The first-order valence-corrected chi connectivity index (χ1v) is 3.21. The van der Waals surface area contributed by atoms with Gasteiger partial charge in [0.1, 0.15) is 0 Å². The van der Waals surface area contributed by atoms with Crippen LogP contribution in [-0.4, -0.2) is 16.5 Å². The first-order chi connectivity index (χ1) is 5.22. The molecule has 1 rings (SSSR count). The van der Waals surface area contributed by atoms with E-state index in [1.54, 1.807) is 12.1 Å². The molecule has 0 aliphatic rings. The van der Waals surface area contributed by atoms with Gasteiger partial charge in [-0.05, 0) is 19.1 Å². The van der Waals surface area contributed by atoms with E-state index >= 15 is 0 Å². The molecule has 0 bridgehead atoms. The number of hydrogen-bond donors (Lipinski definition) is 1. The van der Waals surface area contributed by atoms with Crippen molar-refractivity contribution in [3.63, 3.8) is 0 Å². The van der Waals surface area contributed by atoms with E-state index in [0.29, 0.717) is 5.56 Å². The summed E-state index contributed by atoms with van der Waals surface area (Å²) in [5.74, 6) is -0.243. The molecule has 0 fully saturated rings. The van der Waals surface area contributed by atoms with Gasteiger partial charge in [-0.3, -0.25) is 9.78 Å². The number of carbonyl (C=O) groups is 1. The van der Waals surface area contributed by atoms with E-state index in [9.17, 15) is 4.79 Å². The second kappa shape index (κ2) is 3.05. The number of aromatic nitrogens is 1. The van der Waals surface area contributed by atoms with Crippen LogP contribution < -0.4 is 0 Å². The number of carbonyl (C=O) groups excluding carboxylic acids is 1. The summed E-state index contributed by atoms with van der Waals surface area (Å²) in [5.41, 5.74) is 0.573. The van der Waals surface area contributed by atoms with Gasteiger partial charge in [-0.2, -0.15) is 0 Å². The maximum absolute atomic E-state index is 11.1. The zero-order chi connectivity index (χ0) is 8.27. The van der Waals surface area contributed by atoms with Gasteiger partial charge in [0.05, 0.1) is 5.71 Å². The van der Waals surface area contributed by atoms with Gasteiger partial charge in [-0.15, -0.1) is 0 Å². The molecule has 0 unspecified atom stereocenters. The van der Waals surface area contributed by atoms with Crippen molar-refractivity contribution in [2.75, 3.05) is 0 Å². The predicted octanol–water partition coefficient (Wildman–Crippen LogP) is 1.30. The molecule has 0 saturated heterocycles. The third-order valence-corrected chi connectivity index (χ3v) is 1.28. The molecule has 3 heteroatoms. The molecule has 3 nitrogen and oxygen atoms in total. The molecule has 11 heavy (non-hydrogen) atoms. The van der Waals surface area contributed by atoms with E-state index in [0.717, 1.165) is 0 Å². The van der Waals surface area contributed by atoms with Gasteiger partial charge >= 0.3 is 0 Å². The smallest absolute Gasteiger partial charge is 0.206 e. The summed E-state index contributed by atoms with van der Waals surface area (Å²) in [5, 5.41) is 7.07. The molecule has 1 N–H and O–H groups in total. The van der Waals surface area contributed by atoms with Crippen molar-refractivity contribution in [2.45, 2.75) is 6.92 Å². The Morgan fingerprint density at radius 2 is 2.00 bits per heavy atom. The van der Waals surface area contributed by atoms with Crippen molar-refractivity contribution in [1.29, 1.82) is 5.41 Å². The van der Waals surface area contributed by atoms with Crippen LogP contribution in [0.15, 0.2) is 24.5 Å². The largest absolute Gasteiger partial charge is 0.302 e. The summed E-state index contributed by atoms with van der Waals surface area (Å²) in [6, 6.07) is 3.20. The predicted molar refractivity (Wildman–Crippen MR) is 42.0 cm³/mol. The van der Waals surface area contributed by atoms with Crippen LogP contribution in [0.1, 0.15) is 17.3 Å². The molecule has 0 spiro atoms. The SMILES string of the molecule is CC(=N)C(=O)c1ccncc1. The standard InChI is InChI=1S/C8H8N2O/c1-6(9)8(11)7-2-4-10-5-3-7/h2-5,9H,1H3. The molecular formula is C8H8N2O. The fraction of sp³-hybridized carbons (Fsp3) is 0.125. The minimum Gasteiger partial charge on any atom is -0.302 e. The van der Waals surface area contributed by atoms with Crippen molar-refractivity contribution in [3.8, 4) is 0 Å². The van der Waals surface area contributed by atoms with Crippen molar-refractivity contribution in [1.82, 2.24) is 4.98 Å². The highest BCUT2D eigenvalue weighted by molar-refractivity contribution is 6.44. The lowest BCUT2D eigenvalue weighted by Gasteiger charge is -1.94. The summed E-state index contributed by atoms with van der Waals surface area (Å²) in [6.45, 7) is 1.47. The summed E-state index contributed by atoms with van der Waals surface area (Å²) < 4.78 is 0. The van der Waals surface area contributed by atoms with Gasteiger partial charge < -0.3 is 5.41 Å². The maximum atomic E-state index is 11.1. The highest BCUT2D eigenvalue weighted by atomic mass is 16.1. The summed E-state index contributed by atoms with van der Waals surface area (Å²) >= 11 is 0. The third-order valence-electron chi connectivity index (χ3n) is 1.28. The number of ketones is 1. The minimum atomic E-state index is -0.243. The fourth-order valence-electron chi connectivity index (χ4n) is 0.720. The molecule has 0 radical (unpaired) electrons. The Labute approximate surface area is 64.6 Å². The molecule has 0 aliphatic heterocycles. The monoisotopic (exact) mass is 148 g/mol. The highest BCUT2D eigenvalue weighted by Gasteiger charge is 2.05. The first-order valence-electron chi connectivity index (χ1n) is 3.21. The van der Waals surface area contributed by atoms with Crippen molar-refractivity contribution >= 4 is 11.5 Å². The van der Waals surface area contributed by atoms with Crippen LogP contribution in [0.2, 0.25) is 0 Å². The second-order valence-electron chi connectivity index (χ2n) is 2.19. The molecule has 1 aromatic rings. The van der Waals surface area contributed by atoms with Crippen LogP contribution in [0.4, 0.5) is 0 Å². The van der Waals surface area contributed by atoms with Crippen molar-refractivity contribution in [2.24, 2.45) is 0 Å². The Balaban J connectivity index is 2.95. The number of nitrogens with zero attached hydrogens (tertiary/aromatic N) is 1. The molecule has 0 amide bonds. The Bertz CT molecular complexity index is 279. The molecule has 1 heterocycles. The van der Waals surface area contributed by atoms with Crippen molar-refractivity contribution in [3.05, 3.63) is 30.1 Å². The molecule has 1 aromatic heterocycles. The van der Waals surface area contributed by atoms with Crippen LogP contribution in [-0.2, 0) is 0 Å². The van der Waals surface area contributed by atoms with Gasteiger partial charge in [-0.1, -0.05) is 0 Å². The van der Waals surface area contributed by atoms with Crippen molar-refractivity contribution < 1.29 is 4.79 Å². The van der Waals surface area contributed by atoms with Gasteiger partial charge in [0.15, 0.2) is 0 Å². The Kier molecular flexibility index (Phi) is 2.11. The molecule has 0 aromatic carbocycles. The number of pyridine rings is 1. The van der Waals surface area contributed by atoms with E-state index in [-0.39, 0.29) is 11.5 Å². The molecule has 0 aliphatic carbocycles.